The van der Waals surface area contributed by atoms with Gasteiger partial charge in [-0.15, -0.1) is 10.3 Å². The van der Waals surface area contributed by atoms with E-state index >= 15 is 0 Å². The highest BCUT2D eigenvalue weighted by Crippen LogP contribution is 2.42. The van der Waals surface area contributed by atoms with Gasteiger partial charge in [0.2, 0.25) is 0 Å². The van der Waals surface area contributed by atoms with Crippen LogP contribution in [0.2, 0.25) is 0 Å². The summed E-state index contributed by atoms with van der Waals surface area (Å²) in [7, 11) is 0. The molecule has 1 saturated heterocycles. The lowest BCUT2D eigenvalue weighted by molar-refractivity contribution is -0.249. The Morgan fingerprint density at radius 1 is 1.29 bits per heavy atom. The Morgan fingerprint density at radius 2 is 1.71 bits per heavy atom. The van der Waals surface area contributed by atoms with Crippen LogP contribution in [0.3, 0.4) is 0 Å². The predicted molar refractivity (Wildman–Crippen MR) is 49.8 cm³/mol. The third-order valence-electron chi connectivity index (χ3n) is 3.25. The second-order valence-corrected chi connectivity index (χ2v) is 4.94. The minimum Gasteiger partial charge on any atom is -0.481 e. The Labute approximate surface area is 83.5 Å². The number of carboxylic acid groups (broad SMARTS) is 1. The van der Waals surface area contributed by atoms with Crippen LogP contribution in [0.1, 0.15) is 27.7 Å². The van der Waals surface area contributed by atoms with Gasteiger partial charge in [-0.1, -0.05) is 0 Å². The van der Waals surface area contributed by atoms with Gasteiger partial charge in [-0.05, 0) is 27.7 Å². The van der Waals surface area contributed by atoms with Crippen molar-refractivity contribution in [1.82, 2.24) is 5.06 Å². The number of aliphatic carboxylic acids is 1. The molecule has 0 bridgehead atoms. The molecule has 0 amide bonds. The Hall–Kier alpha value is -0.650. The third-order valence-corrected chi connectivity index (χ3v) is 3.25. The predicted octanol–water partition coefficient (Wildman–Crippen LogP) is 0.233. The van der Waals surface area contributed by atoms with Gasteiger partial charge in [-0.2, -0.15) is 0 Å². The number of nitrogens with two attached hydrogens (primary N) is 1. The molecule has 5 nitrogen and oxygen atoms in total. The molecule has 0 unspecified atom stereocenters. The molecule has 0 aliphatic carbocycles. The fourth-order valence-corrected chi connectivity index (χ4v) is 2.31. The van der Waals surface area contributed by atoms with E-state index in [1.807, 2.05) is 0 Å². The van der Waals surface area contributed by atoms with Crippen LogP contribution >= 0.6 is 0 Å². The molecule has 0 aromatic rings. The summed E-state index contributed by atoms with van der Waals surface area (Å²) in [6, 6.07) is -0.646. The second-order valence-electron chi connectivity index (χ2n) is 4.94. The van der Waals surface area contributed by atoms with Crippen LogP contribution in [0.5, 0.6) is 0 Å². The van der Waals surface area contributed by atoms with E-state index in [0.717, 1.165) is 5.06 Å². The maximum Gasteiger partial charge on any atom is 0.310 e. The van der Waals surface area contributed by atoms with Gasteiger partial charge in [-0.25, -0.2) is 0 Å². The zero-order valence-electron chi connectivity index (χ0n) is 8.94. The Morgan fingerprint density at radius 3 is 1.86 bits per heavy atom. The molecule has 1 rings (SSSR count). The van der Waals surface area contributed by atoms with Crippen molar-refractivity contribution in [2.75, 3.05) is 0 Å². The highest BCUT2D eigenvalue weighted by Gasteiger charge is 2.60. The molecule has 0 aromatic carbocycles. The quantitative estimate of drug-likeness (QED) is 0.636. The summed E-state index contributed by atoms with van der Waals surface area (Å²) in [6.45, 7) is 6.59. The van der Waals surface area contributed by atoms with Gasteiger partial charge in [-0.3, -0.25) is 4.79 Å². The normalized spacial score (nSPS) is 35.9. The summed E-state index contributed by atoms with van der Waals surface area (Å²) >= 11 is 0. The van der Waals surface area contributed by atoms with E-state index < -0.39 is 29.0 Å². The summed E-state index contributed by atoms with van der Waals surface area (Å²) < 4.78 is 0. The molecule has 14 heavy (non-hydrogen) atoms. The van der Waals surface area contributed by atoms with Crippen LogP contribution in [-0.2, 0) is 10.0 Å². The zero-order valence-corrected chi connectivity index (χ0v) is 8.94. The topological polar surface area (TPSA) is 86.5 Å². The second kappa shape index (κ2) is 2.92. The Kier molecular flexibility index (Phi) is 2.38. The van der Waals surface area contributed by atoms with Crippen LogP contribution in [0.15, 0.2) is 0 Å². The van der Waals surface area contributed by atoms with Gasteiger partial charge >= 0.3 is 5.97 Å². The number of hydroxylamine groups is 2. The molecule has 5 heteroatoms. The first-order chi connectivity index (χ1) is 6.13. The lowest BCUT2D eigenvalue weighted by Gasteiger charge is -2.32. The van der Waals surface area contributed by atoms with Gasteiger partial charge in [0.1, 0.15) is 0 Å². The first kappa shape index (κ1) is 11.4. The molecular formula is C9H17N2O3. The highest BCUT2D eigenvalue weighted by molar-refractivity contribution is 5.73. The van der Waals surface area contributed by atoms with Gasteiger partial charge in [0, 0.05) is 6.04 Å². The fraction of sp³-hybridized carbons (Fsp3) is 0.889. The lowest BCUT2D eigenvalue weighted by atomic mass is 9.83. The number of carbonyl (C=O) groups is 1. The van der Waals surface area contributed by atoms with Crippen molar-refractivity contribution in [3.8, 4) is 0 Å². The molecule has 0 spiro atoms. The van der Waals surface area contributed by atoms with Crippen molar-refractivity contribution >= 4 is 5.97 Å². The molecular weight excluding hydrogens is 184 g/mol. The maximum absolute atomic E-state index is 11.8. The number of rotatable bonds is 1. The number of hydrogen-bond donors (Lipinski definition) is 2. The first-order valence-electron chi connectivity index (χ1n) is 4.59. The molecule has 1 heterocycles. The van der Waals surface area contributed by atoms with Crippen LogP contribution in [0.4, 0.5) is 0 Å². The summed E-state index contributed by atoms with van der Waals surface area (Å²) in [5.74, 6) is -1.83. The van der Waals surface area contributed by atoms with E-state index in [4.69, 9.17) is 10.8 Å². The number of carboxylic acids is 1. The molecule has 1 aliphatic heterocycles. The summed E-state index contributed by atoms with van der Waals surface area (Å²) in [5.41, 5.74) is 4.02. The zero-order chi connectivity index (χ0) is 11.3. The van der Waals surface area contributed by atoms with Gasteiger partial charge in [0.15, 0.2) is 0 Å². The van der Waals surface area contributed by atoms with Gasteiger partial charge in [0.05, 0.1) is 17.0 Å². The largest absolute Gasteiger partial charge is 0.481 e. The highest BCUT2D eigenvalue weighted by atomic mass is 16.5. The minimum absolute atomic E-state index is 0.646. The SMILES string of the molecule is CC1(C)[C@@H](N)[C@H](C(=O)O)C(C)(C)N1[O]. The minimum atomic E-state index is -1.01. The number of hydrogen-bond acceptors (Lipinski definition) is 3. The van der Waals surface area contributed by atoms with Crippen molar-refractivity contribution in [2.24, 2.45) is 11.7 Å². The van der Waals surface area contributed by atoms with E-state index in [0.29, 0.717) is 0 Å². The van der Waals surface area contributed by atoms with Crippen LogP contribution in [0.25, 0.3) is 0 Å². The average molecular weight is 201 g/mol. The van der Waals surface area contributed by atoms with Crippen LogP contribution < -0.4 is 5.73 Å². The van der Waals surface area contributed by atoms with Crippen LogP contribution in [-0.4, -0.2) is 33.3 Å². The third kappa shape index (κ3) is 1.24. The molecule has 3 N–H and O–H groups in total. The molecule has 1 radical (unpaired) electrons. The van der Waals surface area contributed by atoms with E-state index in [-0.39, 0.29) is 0 Å². The van der Waals surface area contributed by atoms with E-state index in [1.54, 1.807) is 27.7 Å². The summed E-state index contributed by atoms with van der Waals surface area (Å²) in [4.78, 5) is 11.0. The monoisotopic (exact) mass is 201 g/mol. The number of nitrogens with zero attached hydrogens (tertiary/aromatic N) is 1. The molecule has 0 saturated carbocycles. The first-order valence-corrected chi connectivity index (χ1v) is 4.59. The van der Waals surface area contributed by atoms with Crippen molar-refractivity contribution < 1.29 is 15.1 Å². The van der Waals surface area contributed by atoms with Gasteiger partial charge < -0.3 is 10.8 Å². The standard InChI is InChI=1S/C9H17N2O3/c1-8(2)5(7(12)13)6(10)9(3,4)11(8)14/h5-6H,10H2,1-4H3,(H,12,13)/t5-,6+/m1/s1. The van der Waals surface area contributed by atoms with Crippen LogP contribution in [0, 0.1) is 5.92 Å². The summed E-state index contributed by atoms with van der Waals surface area (Å²) in [6.07, 6.45) is 0. The van der Waals surface area contributed by atoms with Crippen molar-refractivity contribution in [1.29, 1.82) is 0 Å². The average Bonchev–Trinajstić information content (AvgIpc) is 2.10. The van der Waals surface area contributed by atoms with Crippen molar-refractivity contribution in [3.05, 3.63) is 0 Å². The van der Waals surface area contributed by atoms with Crippen molar-refractivity contribution in [3.63, 3.8) is 0 Å². The van der Waals surface area contributed by atoms with E-state index in [2.05, 4.69) is 0 Å². The smallest absolute Gasteiger partial charge is 0.310 e. The van der Waals surface area contributed by atoms with Gasteiger partial charge in [0.25, 0.3) is 0 Å². The molecule has 0 aromatic heterocycles. The lowest BCUT2D eigenvalue weighted by Crippen LogP contribution is -2.49. The fourth-order valence-electron chi connectivity index (χ4n) is 2.31. The maximum atomic E-state index is 11.8. The van der Waals surface area contributed by atoms with E-state index in [9.17, 15) is 10.0 Å². The summed E-state index contributed by atoms with van der Waals surface area (Å²) in [5, 5.41) is 21.7. The van der Waals surface area contributed by atoms with Crippen molar-refractivity contribution in [2.45, 2.75) is 44.8 Å². The molecule has 1 aliphatic rings. The Bertz CT molecular complexity index is 263. The molecule has 81 valence electrons. The molecule has 1 fully saturated rings. The molecule has 2 atom stereocenters. The van der Waals surface area contributed by atoms with E-state index in [1.165, 1.54) is 0 Å². The Balaban J connectivity index is 3.16.